The molecule has 0 atom stereocenters. The molecule has 1 aromatic heterocycles. The van der Waals surface area contributed by atoms with Gasteiger partial charge >= 0.3 is 0 Å². The lowest BCUT2D eigenvalue weighted by Crippen LogP contribution is -2.41. The Hall–Kier alpha value is -2.12. The van der Waals surface area contributed by atoms with Gasteiger partial charge in [0.1, 0.15) is 5.76 Å². The third kappa shape index (κ3) is 3.50. The second-order valence-corrected chi connectivity index (χ2v) is 6.13. The summed E-state index contributed by atoms with van der Waals surface area (Å²) in [5, 5.41) is 0. The summed E-state index contributed by atoms with van der Waals surface area (Å²) >= 11 is 0. The molecule has 1 aromatic carbocycles. The number of aryl methyl sites for hydroxylation is 2. The van der Waals surface area contributed by atoms with Gasteiger partial charge in [0.15, 0.2) is 0 Å². The van der Waals surface area contributed by atoms with Gasteiger partial charge in [-0.05, 0) is 37.1 Å². The molecule has 2 aromatic rings. The first kappa shape index (κ1) is 15.3. The Morgan fingerprint density at radius 3 is 2.38 bits per heavy atom. The van der Waals surface area contributed by atoms with E-state index in [1.165, 1.54) is 24.5 Å². The minimum Gasteiger partial charge on any atom is -0.469 e. The molecule has 0 fully saturated rings. The maximum Gasteiger partial charge on any atom is 0.269 e. The van der Waals surface area contributed by atoms with E-state index in [-0.39, 0.29) is 10.5 Å². The molecule has 1 heterocycles. The number of carbonyl (C=O) groups is 1. The van der Waals surface area contributed by atoms with Crippen LogP contribution in [0, 0.1) is 6.92 Å². The van der Waals surface area contributed by atoms with Crippen molar-refractivity contribution in [2.75, 3.05) is 0 Å². The third-order valence-electron chi connectivity index (χ3n) is 3.04. The first-order valence-electron chi connectivity index (χ1n) is 6.39. The molecule has 0 saturated carbocycles. The van der Waals surface area contributed by atoms with Crippen LogP contribution in [0.25, 0.3) is 0 Å². The van der Waals surface area contributed by atoms with Gasteiger partial charge in [-0.15, -0.1) is 4.83 Å². The number of benzene rings is 1. The summed E-state index contributed by atoms with van der Waals surface area (Å²) in [7, 11) is -3.80. The van der Waals surface area contributed by atoms with E-state index in [2.05, 4.69) is 10.3 Å². The Morgan fingerprint density at radius 1 is 1.19 bits per heavy atom. The Morgan fingerprint density at radius 2 is 1.86 bits per heavy atom. The van der Waals surface area contributed by atoms with Crippen molar-refractivity contribution in [2.24, 2.45) is 0 Å². The summed E-state index contributed by atoms with van der Waals surface area (Å²) in [6.45, 7) is 3.60. The second kappa shape index (κ2) is 6.11. The van der Waals surface area contributed by atoms with Crippen LogP contribution in [0.15, 0.2) is 45.9 Å². The van der Waals surface area contributed by atoms with Crippen LogP contribution in [-0.4, -0.2) is 14.3 Å². The first-order valence-corrected chi connectivity index (χ1v) is 7.87. The minimum atomic E-state index is -3.80. The molecule has 0 aliphatic carbocycles. The normalized spacial score (nSPS) is 11.3. The number of rotatable bonds is 5. The highest BCUT2D eigenvalue weighted by atomic mass is 32.2. The number of nitrogens with one attached hydrogen (secondary N) is 2. The number of carbonyl (C=O) groups excluding carboxylic acids is 1. The number of hydrazine groups is 1. The van der Waals surface area contributed by atoms with Gasteiger partial charge in [-0.1, -0.05) is 19.1 Å². The number of hydrogen-bond acceptors (Lipinski definition) is 4. The van der Waals surface area contributed by atoms with Gasteiger partial charge in [-0.2, -0.15) is 0 Å². The van der Waals surface area contributed by atoms with Gasteiger partial charge in [0, 0.05) is 0 Å². The van der Waals surface area contributed by atoms with E-state index in [4.69, 9.17) is 4.42 Å². The monoisotopic (exact) mass is 308 g/mol. The van der Waals surface area contributed by atoms with Crippen molar-refractivity contribution in [2.45, 2.75) is 25.2 Å². The highest BCUT2D eigenvalue weighted by molar-refractivity contribution is 7.89. The van der Waals surface area contributed by atoms with E-state index in [1.54, 1.807) is 19.1 Å². The molecular weight excluding hydrogens is 292 g/mol. The molecule has 112 valence electrons. The van der Waals surface area contributed by atoms with Crippen LogP contribution in [0.4, 0.5) is 0 Å². The highest BCUT2D eigenvalue weighted by Gasteiger charge is 2.17. The maximum atomic E-state index is 12.0. The zero-order chi connectivity index (χ0) is 15.5. The van der Waals surface area contributed by atoms with Crippen LogP contribution >= 0.6 is 0 Å². The molecule has 0 unspecified atom stereocenters. The summed E-state index contributed by atoms with van der Waals surface area (Å²) in [6, 6.07) is 7.93. The van der Waals surface area contributed by atoms with Crippen LogP contribution < -0.4 is 10.3 Å². The zero-order valence-corrected chi connectivity index (χ0v) is 12.5. The Balaban J connectivity index is 2.07. The maximum absolute atomic E-state index is 12.0. The fourth-order valence-corrected chi connectivity index (χ4v) is 2.60. The zero-order valence-electron chi connectivity index (χ0n) is 11.7. The van der Waals surface area contributed by atoms with E-state index < -0.39 is 15.9 Å². The number of amides is 1. The quantitative estimate of drug-likeness (QED) is 0.824. The van der Waals surface area contributed by atoms with E-state index in [1.807, 2.05) is 6.92 Å². The molecule has 2 rings (SSSR count). The van der Waals surface area contributed by atoms with Gasteiger partial charge in [0.25, 0.3) is 15.9 Å². The first-order chi connectivity index (χ1) is 9.94. The molecule has 0 aliphatic heterocycles. The van der Waals surface area contributed by atoms with E-state index in [9.17, 15) is 13.2 Å². The molecular formula is C14H16N2O4S. The predicted molar refractivity (Wildman–Crippen MR) is 77.1 cm³/mol. The number of furan rings is 1. The molecule has 0 spiro atoms. The molecule has 1 amide bonds. The fourth-order valence-electron chi connectivity index (χ4n) is 1.76. The van der Waals surface area contributed by atoms with Crippen molar-refractivity contribution < 1.29 is 17.6 Å². The standard InChI is InChI=1S/C14H16N2O4S/c1-3-11-4-6-12(7-5-11)21(18,19)16-15-14(17)13-8-9-20-10(13)2/h4-9,16H,3H2,1-2H3,(H,15,17). The highest BCUT2D eigenvalue weighted by Crippen LogP contribution is 2.11. The lowest BCUT2D eigenvalue weighted by atomic mass is 10.2. The van der Waals surface area contributed by atoms with Gasteiger partial charge in [-0.25, -0.2) is 8.42 Å². The van der Waals surface area contributed by atoms with Crippen LogP contribution in [0.5, 0.6) is 0 Å². The average Bonchev–Trinajstić information content (AvgIpc) is 2.91. The largest absolute Gasteiger partial charge is 0.469 e. The molecule has 0 aliphatic rings. The van der Waals surface area contributed by atoms with E-state index in [0.717, 1.165) is 12.0 Å². The van der Waals surface area contributed by atoms with Gasteiger partial charge in [0.2, 0.25) is 0 Å². The average molecular weight is 308 g/mol. The SMILES string of the molecule is CCc1ccc(S(=O)(=O)NNC(=O)c2ccoc2C)cc1. The number of sulfonamides is 1. The molecule has 0 bridgehead atoms. The Labute approximate surface area is 123 Å². The van der Waals surface area contributed by atoms with Crippen molar-refractivity contribution in [3.63, 3.8) is 0 Å². The van der Waals surface area contributed by atoms with E-state index >= 15 is 0 Å². The van der Waals surface area contributed by atoms with Crippen molar-refractivity contribution in [3.8, 4) is 0 Å². The van der Waals surface area contributed by atoms with Crippen LogP contribution in [0.2, 0.25) is 0 Å². The molecule has 0 saturated heterocycles. The van der Waals surface area contributed by atoms with Gasteiger partial charge in [0.05, 0.1) is 16.7 Å². The Kier molecular flexibility index (Phi) is 4.44. The van der Waals surface area contributed by atoms with Gasteiger partial charge in [-0.3, -0.25) is 10.2 Å². The lowest BCUT2D eigenvalue weighted by molar-refractivity contribution is 0.0943. The fraction of sp³-hybridized carbons (Fsp3) is 0.214. The summed E-state index contributed by atoms with van der Waals surface area (Å²) in [5.41, 5.74) is 3.47. The minimum absolute atomic E-state index is 0.0870. The number of hydrogen-bond donors (Lipinski definition) is 2. The molecule has 7 heteroatoms. The Bertz CT molecular complexity index is 733. The van der Waals surface area contributed by atoms with Crippen LogP contribution in [0.3, 0.4) is 0 Å². The van der Waals surface area contributed by atoms with Gasteiger partial charge < -0.3 is 4.42 Å². The second-order valence-electron chi connectivity index (χ2n) is 4.45. The summed E-state index contributed by atoms with van der Waals surface area (Å²) in [4.78, 5) is 14.0. The lowest BCUT2D eigenvalue weighted by Gasteiger charge is -2.08. The predicted octanol–water partition coefficient (Wildman–Crippen LogP) is 1.77. The van der Waals surface area contributed by atoms with Crippen LogP contribution in [0.1, 0.15) is 28.6 Å². The summed E-state index contributed by atoms with van der Waals surface area (Å²) < 4.78 is 29.1. The summed E-state index contributed by atoms with van der Waals surface area (Å²) in [5.74, 6) is -0.158. The van der Waals surface area contributed by atoms with Crippen molar-refractivity contribution >= 4 is 15.9 Å². The topological polar surface area (TPSA) is 88.4 Å². The molecule has 21 heavy (non-hydrogen) atoms. The van der Waals surface area contributed by atoms with Crippen molar-refractivity contribution in [1.29, 1.82) is 0 Å². The summed E-state index contributed by atoms with van der Waals surface area (Å²) in [6.07, 6.45) is 2.19. The van der Waals surface area contributed by atoms with Crippen molar-refractivity contribution in [3.05, 3.63) is 53.5 Å². The van der Waals surface area contributed by atoms with E-state index in [0.29, 0.717) is 5.76 Å². The molecule has 2 N–H and O–H groups in total. The van der Waals surface area contributed by atoms with Crippen LogP contribution in [-0.2, 0) is 16.4 Å². The third-order valence-corrected chi connectivity index (χ3v) is 4.31. The smallest absolute Gasteiger partial charge is 0.269 e. The molecule has 0 radical (unpaired) electrons. The molecule has 6 nitrogen and oxygen atoms in total. The van der Waals surface area contributed by atoms with Crippen molar-refractivity contribution in [1.82, 2.24) is 10.3 Å².